The number of nitrogens with one attached hydrogen (secondary N) is 2. The van der Waals surface area contributed by atoms with Crippen LogP contribution >= 0.6 is 0 Å². The van der Waals surface area contributed by atoms with E-state index in [0.29, 0.717) is 19.4 Å². The molecule has 0 saturated carbocycles. The molecule has 0 radical (unpaired) electrons. The van der Waals surface area contributed by atoms with Gasteiger partial charge in [-0.25, -0.2) is 4.79 Å². The first-order valence-electron chi connectivity index (χ1n) is 8.03. The Hall–Kier alpha value is -2.33. The summed E-state index contributed by atoms with van der Waals surface area (Å²) < 4.78 is 0. The molecule has 2 rings (SSSR count). The Balaban J connectivity index is 1.93. The minimum absolute atomic E-state index is 0.242. The zero-order valence-corrected chi connectivity index (χ0v) is 13.5. The van der Waals surface area contributed by atoms with E-state index in [-0.39, 0.29) is 12.1 Å². The quantitative estimate of drug-likeness (QED) is 0.732. The summed E-state index contributed by atoms with van der Waals surface area (Å²) in [4.78, 5) is 12.0. The number of urea groups is 1. The van der Waals surface area contributed by atoms with Crippen molar-refractivity contribution in [3.05, 3.63) is 65.7 Å². The van der Waals surface area contributed by atoms with Gasteiger partial charge in [0, 0.05) is 12.2 Å². The third-order valence-electron chi connectivity index (χ3n) is 3.74. The van der Waals surface area contributed by atoms with Gasteiger partial charge >= 0.3 is 6.03 Å². The van der Waals surface area contributed by atoms with Gasteiger partial charge in [0.1, 0.15) is 0 Å². The molecule has 3 N–H and O–H groups in total. The molecule has 0 aliphatic rings. The molecule has 0 fully saturated rings. The number of aliphatic hydroxyl groups excluding tert-OH is 1. The molecule has 1 unspecified atom stereocenters. The first-order chi connectivity index (χ1) is 11.2. The maximum absolute atomic E-state index is 12.0. The average Bonchev–Trinajstić information content (AvgIpc) is 2.57. The summed E-state index contributed by atoms with van der Waals surface area (Å²) in [5.74, 6) is 0. The van der Waals surface area contributed by atoms with Gasteiger partial charge in [-0.1, -0.05) is 55.5 Å². The SMILES string of the molecule is CCC(O)CCNC(=O)Nc1ccccc1Cc1ccccc1. The average molecular weight is 312 g/mol. The van der Waals surface area contributed by atoms with E-state index in [0.717, 1.165) is 17.7 Å². The highest BCUT2D eigenvalue weighted by molar-refractivity contribution is 5.90. The number of hydrogen-bond acceptors (Lipinski definition) is 2. The van der Waals surface area contributed by atoms with Crippen molar-refractivity contribution < 1.29 is 9.90 Å². The second-order valence-corrected chi connectivity index (χ2v) is 5.55. The monoisotopic (exact) mass is 312 g/mol. The smallest absolute Gasteiger partial charge is 0.319 e. The normalized spacial score (nSPS) is 11.7. The van der Waals surface area contributed by atoms with Gasteiger partial charge in [-0.3, -0.25) is 0 Å². The highest BCUT2D eigenvalue weighted by Gasteiger charge is 2.07. The van der Waals surface area contributed by atoms with Crippen LogP contribution in [0, 0.1) is 0 Å². The zero-order valence-electron chi connectivity index (χ0n) is 13.5. The molecule has 122 valence electrons. The van der Waals surface area contributed by atoms with Crippen molar-refractivity contribution in [2.75, 3.05) is 11.9 Å². The highest BCUT2D eigenvalue weighted by atomic mass is 16.3. The predicted octanol–water partition coefficient (Wildman–Crippen LogP) is 3.56. The minimum Gasteiger partial charge on any atom is -0.393 e. The molecule has 2 aromatic carbocycles. The first kappa shape index (κ1) is 17.0. The van der Waals surface area contributed by atoms with Crippen LogP contribution in [0.3, 0.4) is 0 Å². The summed E-state index contributed by atoms with van der Waals surface area (Å²) in [6.45, 7) is 2.38. The Bertz CT molecular complexity index is 614. The molecule has 4 nitrogen and oxygen atoms in total. The van der Waals surface area contributed by atoms with Gasteiger partial charge in [-0.2, -0.15) is 0 Å². The molecule has 0 bridgehead atoms. The molecule has 23 heavy (non-hydrogen) atoms. The Morgan fingerprint density at radius 3 is 2.52 bits per heavy atom. The maximum Gasteiger partial charge on any atom is 0.319 e. The zero-order chi connectivity index (χ0) is 16.5. The lowest BCUT2D eigenvalue weighted by atomic mass is 10.0. The van der Waals surface area contributed by atoms with E-state index in [2.05, 4.69) is 22.8 Å². The Morgan fingerprint density at radius 1 is 1.09 bits per heavy atom. The Kier molecular flexibility index (Phi) is 6.63. The Morgan fingerprint density at radius 2 is 1.78 bits per heavy atom. The molecule has 0 aliphatic carbocycles. The van der Waals surface area contributed by atoms with Crippen molar-refractivity contribution in [3.8, 4) is 0 Å². The van der Waals surface area contributed by atoms with Crippen LogP contribution in [-0.2, 0) is 6.42 Å². The largest absolute Gasteiger partial charge is 0.393 e. The number of amides is 2. The van der Waals surface area contributed by atoms with E-state index in [1.807, 2.05) is 49.4 Å². The second-order valence-electron chi connectivity index (χ2n) is 5.55. The fourth-order valence-corrected chi connectivity index (χ4v) is 2.34. The Labute approximate surface area is 137 Å². The number of aliphatic hydroxyl groups is 1. The van der Waals surface area contributed by atoms with Crippen LogP contribution in [0.2, 0.25) is 0 Å². The van der Waals surface area contributed by atoms with E-state index >= 15 is 0 Å². The maximum atomic E-state index is 12.0. The molecule has 2 aromatic rings. The lowest BCUT2D eigenvalue weighted by Crippen LogP contribution is -2.31. The molecule has 0 aliphatic heterocycles. The van der Waals surface area contributed by atoms with Gasteiger partial charge in [0.15, 0.2) is 0 Å². The highest BCUT2D eigenvalue weighted by Crippen LogP contribution is 2.19. The van der Waals surface area contributed by atoms with Crippen LogP contribution in [-0.4, -0.2) is 23.8 Å². The van der Waals surface area contributed by atoms with Crippen molar-refractivity contribution in [3.63, 3.8) is 0 Å². The molecular formula is C19H24N2O2. The lowest BCUT2D eigenvalue weighted by Gasteiger charge is -2.13. The van der Waals surface area contributed by atoms with E-state index in [1.165, 1.54) is 5.56 Å². The third-order valence-corrected chi connectivity index (χ3v) is 3.74. The van der Waals surface area contributed by atoms with Gasteiger partial charge in [-0.05, 0) is 36.5 Å². The molecule has 0 saturated heterocycles. The number of hydrogen-bond donors (Lipinski definition) is 3. The van der Waals surface area contributed by atoms with Gasteiger partial charge in [0.2, 0.25) is 0 Å². The second kappa shape index (κ2) is 8.96. The summed E-state index contributed by atoms with van der Waals surface area (Å²) in [6, 6.07) is 17.7. The number of carbonyl (C=O) groups is 1. The summed E-state index contributed by atoms with van der Waals surface area (Å²) in [5.41, 5.74) is 3.08. The molecular weight excluding hydrogens is 288 g/mol. The predicted molar refractivity (Wildman–Crippen MR) is 93.6 cm³/mol. The van der Waals surface area contributed by atoms with Crippen LogP contribution in [0.15, 0.2) is 54.6 Å². The van der Waals surface area contributed by atoms with E-state index < -0.39 is 0 Å². The molecule has 2 amide bonds. The van der Waals surface area contributed by atoms with Gasteiger partial charge in [0.25, 0.3) is 0 Å². The minimum atomic E-state index is -0.360. The lowest BCUT2D eigenvalue weighted by molar-refractivity contribution is 0.160. The van der Waals surface area contributed by atoms with Crippen molar-refractivity contribution in [1.29, 1.82) is 0 Å². The summed E-state index contributed by atoms with van der Waals surface area (Å²) in [6.07, 6.45) is 1.67. The topological polar surface area (TPSA) is 61.4 Å². The summed E-state index contributed by atoms with van der Waals surface area (Å²) in [5, 5.41) is 15.2. The number of anilines is 1. The van der Waals surface area contributed by atoms with Crippen LogP contribution in [0.4, 0.5) is 10.5 Å². The molecule has 0 aromatic heterocycles. The molecule has 0 spiro atoms. The fraction of sp³-hybridized carbons (Fsp3) is 0.316. The first-order valence-corrected chi connectivity index (χ1v) is 8.03. The number of para-hydroxylation sites is 1. The molecule has 1 atom stereocenters. The number of benzene rings is 2. The van der Waals surface area contributed by atoms with Crippen LogP contribution in [0.1, 0.15) is 30.9 Å². The van der Waals surface area contributed by atoms with Gasteiger partial charge < -0.3 is 15.7 Å². The van der Waals surface area contributed by atoms with Gasteiger partial charge in [0.05, 0.1) is 6.10 Å². The van der Waals surface area contributed by atoms with E-state index in [9.17, 15) is 9.90 Å². The van der Waals surface area contributed by atoms with Crippen molar-refractivity contribution in [1.82, 2.24) is 5.32 Å². The van der Waals surface area contributed by atoms with Crippen molar-refractivity contribution >= 4 is 11.7 Å². The summed E-state index contributed by atoms with van der Waals surface area (Å²) >= 11 is 0. The molecule has 4 heteroatoms. The van der Waals surface area contributed by atoms with E-state index in [4.69, 9.17) is 0 Å². The number of carbonyl (C=O) groups excluding carboxylic acids is 1. The summed E-state index contributed by atoms with van der Waals surface area (Å²) in [7, 11) is 0. The van der Waals surface area contributed by atoms with Gasteiger partial charge in [-0.15, -0.1) is 0 Å². The van der Waals surface area contributed by atoms with Crippen LogP contribution in [0.25, 0.3) is 0 Å². The third kappa shape index (κ3) is 5.75. The van der Waals surface area contributed by atoms with Crippen molar-refractivity contribution in [2.45, 2.75) is 32.3 Å². The van der Waals surface area contributed by atoms with E-state index in [1.54, 1.807) is 0 Å². The molecule has 0 heterocycles. The number of rotatable bonds is 7. The van der Waals surface area contributed by atoms with Crippen LogP contribution in [0.5, 0.6) is 0 Å². The standard InChI is InChI=1S/C19H24N2O2/c1-2-17(22)12-13-20-19(23)21-18-11-7-6-10-16(18)14-15-8-4-3-5-9-15/h3-11,17,22H,2,12-14H2,1H3,(H2,20,21,23). The van der Waals surface area contributed by atoms with Crippen LogP contribution < -0.4 is 10.6 Å². The van der Waals surface area contributed by atoms with Crippen molar-refractivity contribution in [2.24, 2.45) is 0 Å². The fourth-order valence-electron chi connectivity index (χ4n) is 2.34.